The molecule has 1 aromatic rings. The van der Waals surface area contributed by atoms with Crippen molar-refractivity contribution in [2.75, 3.05) is 13.1 Å². The van der Waals surface area contributed by atoms with Crippen LogP contribution >= 0.6 is 11.6 Å². The van der Waals surface area contributed by atoms with Crippen molar-refractivity contribution in [3.05, 3.63) is 34.9 Å². The van der Waals surface area contributed by atoms with E-state index in [1.807, 2.05) is 12.1 Å². The van der Waals surface area contributed by atoms with E-state index in [4.69, 9.17) is 11.6 Å². The molecular formula is C18H29ClN2. The van der Waals surface area contributed by atoms with Crippen molar-refractivity contribution >= 4 is 11.6 Å². The fourth-order valence-electron chi connectivity index (χ4n) is 3.39. The largest absolute Gasteiger partial charge is 0.308 e. The van der Waals surface area contributed by atoms with Gasteiger partial charge in [0.25, 0.3) is 0 Å². The first-order chi connectivity index (χ1) is 9.99. The molecule has 0 aliphatic carbocycles. The van der Waals surface area contributed by atoms with Gasteiger partial charge in [-0.2, -0.15) is 0 Å². The van der Waals surface area contributed by atoms with E-state index in [1.54, 1.807) is 0 Å². The van der Waals surface area contributed by atoms with Gasteiger partial charge in [0.05, 0.1) is 0 Å². The van der Waals surface area contributed by atoms with E-state index in [0.29, 0.717) is 12.0 Å². The molecule has 1 aromatic carbocycles. The number of rotatable bonds is 5. The van der Waals surface area contributed by atoms with Crippen LogP contribution in [0.4, 0.5) is 0 Å². The van der Waals surface area contributed by atoms with Crippen LogP contribution in [-0.2, 0) is 6.54 Å². The number of benzene rings is 1. The first-order valence-corrected chi connectivity index (χ1v) is 8.61. The van der Waals surface area contributed by atoms with Gasteiger partial charge in [0.15, 0.2) is 0 Å². The van der Waals surface area contributed by atoms with Gasteiger partial charge < -0.3 is 5.32 Å². The third-order valence-electron chi connectivity index (χ3n) is 5.08. The van der Waals surface area contributed by atoms with Gasteiger partial charge in [-0.1, -0.05) is 51.4 Å². The van der Waals surface area contributed by atoms with Crippen molar-refractivity contribution in [1.82, 2.24) is 10.2 Å². The summed E-state index contributed by atoms with van der Waals surface area (Å²) in [6.07, 6.45) is 2.37. The number of nitrogens with one attached hydrogen (secondary N) is 1. The van der Waals surface area contributed by atoms with Crippen LogP contribution in [0.2, 0.25) is 5.02 Å². The van der Waals surface area contributed by atoms with Crippen molar-refractivity contribution in [3.63, 3.8) is 0 Å². The van der Waals surface area contributed by atoms with Crippen LogP contribution in [0.1, 0.15) is 46.1 Å². The highest BCUT2D eigenvalue weighted by Crippen LogP contribution is 2.27. The maximum atomic E-state index is 6.00. The van der Waals surface area contributed by atoms with Crippen molar-refractivity contribution < 1.29 is 0 Å². The highest BCUT2D eigenvalue weighted by molar-refractivity contribution is 6.30. The molecule has 0 radical (unpaired) electrons. The Morgan fingerprint density at radius 2 is 1.86 bits per heavy atom. The second kappa shape index (κ2) is 7.13. The zero-order valence-electron chi connectivity index (χ0n) is 13.8. The van der Waals surface area contributed by atoms with E-state index >= 15 is 0 Å². The molecule has 1 saturated heterocycles. The third-order valence-corrected chi connectivity index (χ3v) is 5.33. The molecular weight excluding hydrogens is 280 g/mol. The molecule has 0 aromatic heterocycles. The van der Waals surface area contributed by atoms with E-state index in [2.05, 4.69) is 50.0 Å². The molecule has 21 heavy (non-hydrogen) atoms. The number of piperazine rings is 1. The van der Waals surface area contributed by atoms with Crippen molar-refractivity contribution in [2.24, 2.45) is 5.92 Å². The molecule has 118 valence electrons. The number of halogens is 1. The zero-order chi connectivity index (χ0) is 15.5. The first kappa shape index (κ1) is 16.8. The van der Waals surface area contributed by atoms with E-state index in [1.165, 1.54) is 18.4 Å². The quantitative estimate of drug-likeness (QED) is 0.871. The summed E-state index contributed by atoms with van der Waals surface area (Å²) >= 11 is 6.00. The second-order valence-corrected chi connectivity index (χ2v) is 7.15. The van der Waals surface area contributed by atoms with Gasteiger partial charge in [0.1, 0.15) is 0 Å². The summed E-state index contributed by atoms with van der Waals surface area (Å²) in [5, 5.41) is 4.64. The molecule has 3 heteroatoms. The SMILES string of the molecule is CCC1(CC)CN(Cc2ccc(Cl)cc2)C(C(C)C)CN1. The Bertz CT molecular complexity index is 437. The Morgan fingerprint density at radius 1 is 1.24 bits per heavy atom. The summed E-state index contributed by atoms with van der Waals surface area (Å²) in [5.74, 6) is 0.663. The van der Waals surface area contributed by atoms with Gasteiger partial charge in [-0.3, -0.25) is 4.90 Å². The number of nitrogens with zero attached hydrogens (tertiary/aromatic N) is 1. The molecule has 2 nitrogen and oxygen atoms in total. The molecule has 1 fully saturated rings. The Kier molecular flexibility index (Phi) is 5.70. The van der Waals surface area contributed by atoms with Crippen LogP contribution in [0.25, 0.3) is 0 Å². The van der Waals surface area contributed by atoms with Crippen molar-refractivity contribution in [3.8, 4) is 0 Å². The minimum atomic E-state index is 0.276. The lowest BCUT2D eigenvalue weighted by Crippen LogP contribution is -2.64. The molecule has 1 N–H and O–H groups in total. The smallest absolute Gasteiger partial charge is 0.0406 e. The zero-order valence-corrected chi connectivity index (χ0v) is 14.6. The summed E-state index contributed by atoms with van der Waals surface area (Å²) < 4.78 is 0. The Labute approximate surface area is 134 Å². The molecule has 0 amide bonds. The van der Waals surface area contributed by atoms with Crippen LogP contribution < -0.4 is 5.32 Å². The molecule has 1 heterocycles. The van der Waals surface area contributed by atoms with E-state index < -0.39 is 0 Å². The number of hydrogen-bond acceptors (Lipinski definition) is 2. The normalized spacial score (nSPS) is 22.7. The van der Waals surface area contributed by atoms with Gasteiger partial charge in [-0.25, -0.2) is 0 Å². The topological polar surface area (TPSA) is 15.3 Å². The fraction of sp³-hybridized carbons (Fsp3) is 0.667. The summed E-state index contributed by atoms with van der Waals surface area (Å²) in [6.45, 7) is 12.5. The van der Waals surface area contributed by atoms with Gasteiger partial charge in [-0.15, -0.1) is 0 Å². The van der Waals surface area contributed by atoms with Crippen LogP contribution in [-0.4, -0.2) is 29.6 Å². The molecule has 1 aliphatic heterocycles. The van der Waals surface area contributed by atoms with Crippen LogP contribution in [0.5, 0.6) is 0 Å². The lowest BCUT2D eigenvalue weighted by atomic mass is 9.86. The molecule has 1 unspecified atom stereocenters. The fourth-order valence-corrected chi connectivity index (χ4v) is 3.52. The molecule has 0 saturated carbocycles. The monoisotopic (exact) mass is 308 g/mol. The van der Waals surface area contributed by atoms with Crippen LogP contribution in [0, 0.1) is 5.92 Å². The molecule has 1 atom stereocenters. The summed E-state index contributed by atoms with van der Waals surface area (Å²) in [4.78, 5) is 2.66. The Morgan fingerprint density at radius 3 is 2.38 bits per heavy atom. The van der Waals surface area contributed by atoms with Crippen molar-refractivity contribution in [1.29, 1.82) is 0 Å². The molecule has 1 aliphatic rings. The number of hydrogen-bond donors (Lipinski definition) is 1. The minimum absolute atomic E-state index is 0.276. The van der Waals surface area contributed by atoms with Gasteiger partial charge >= 0.3 is 0 Å². The summed E-state index contributed by atoms with van der Waals surface area (Å²) in [6, 6.07) is 8.90. The lowest BCUT2D eigenvalue weighted by Gasteiger charge is -2.49. The van der Waals surface area contributed by atoms with Gasteiger partial charge in [0, 0.05) is 36.2 Å². The second-order valence-electron chi connectivity index (χ2n) is 6.71. The van der Waals surface area contributed by atoms with Crippen LogP contribution in [0.3, 0.4) is 0 Å². The van der Waals surface area contributed by atoms with E-state index in [9.17, 15) is 0 Å². The Hall–Kier alpha value is -0.570. The minimum Gasteiger partial charge on any atom is -0.308 e. The average molecular weight is 309 g/mol. The lowest BCUT2D eigenvalue weighted by molar-refractivity contribution is 0.0443. The van der Waals surface area contributed by atoms with Crippen LogP contribution in [0.15, 0.2) is 24.3 Å². The Balaban J connectivity index is 2.15. The molecule has 2 rings (SSSR count). The summed E-state index contributed by atoms with van der Waals surface area (Å²) in [7, 11) is 0. The maximum absolute atomic E-state index is 6.00. The highest BCUT2D eigenvalue weighted by atomic mass is 35.5. The predicted octanol–water partition coefficient (Wildman–Crippen LogP) is 4.33. The predicted molar refractivity (Wildman–Crippen MR) is 91.8 cm³/mol. The standard InChI is InChI=1S/C18H29ClN2/c1-5-18(6-2)13-21(17(11-20-18)14(3)4)12-15-7-9-16(19)10-8-15/h7-10,14,17,20H,5-6,11-13H2,1-4H3. The summed E-state index contributed by atoms with van der Waals surface area (Å²) in [5.41, 5.74) is 1.63. The molecule has 0 bridgehead atoms. The van der Waals surface area contributed by atoms with Crippen molar-refractivity contribution in [2.45, 2.75) is 58.7 Å². The maximum Gasteiger partial charge on any atom is 0.0406 e. The van der Waals surface area contributed by atoms with Gasteiger partial charge in [-0.05, 0) is 36.5 Å². The highest BCUT2D eigenvalue weighted by Gasteiger charge is 2.37. The first-order valence-electron chi connectivity index (χ1n) is 8.23. The molecule has 0 spiro atoms. The van der Waals surface area contributed by atoms with E-state index in [-0.39, 0.29) is 5.54 Å². The average Bonchev–Trinajstić information content (AvgIpc) is 2.49. The van der Waals surface area contributed by atoms with E-state index in [0.717, 1.165) is 24.7 Å². The third kappa shape index (κ3) is 4.00. The van der Waals surface area contributed by atoms with Gasteiger partial charge in [0.2, 0.25) is 0 Å².